The molecule has 0 spiro atoms. The van der Waals surface area contributed by atoms with E-state index in [1.807, 2.05) is 6.92 Å². The second-order valence-electron chi connectivity index (χ2n) is 5.69. The van der Waals surface area contributed by atoms with Crippen LogP contribution in [0.3, 0.4) is 0 Å². The van der Waals surface area contributed by atoms with Gasteiger partial charge in [-0.1, -0.05) is 6.92 Å². The van der Waals surface area contributed by atoms with E-state index in [2.05, 4.69) is 22.5 Å². The summed E-state index contributed by atoms with van der Waals surface area (Å²) in [7, 11) is 0. The van der Waals surface area contributed by atoms with Crippen LogP contribution in [0, 0.1) is 11.2 Å². The summed E-state index contributed by atoms with van der Waals surface area (Å²) in [4.78, 5) is 16.2. The zero-order valence-electron chi connectivity index (χ0n) is 12.5. The molecule has 2 heterocycles. The summed E-state index contributed by atoms with van der Waals surface area (Å²) in [6.07, 6.45) is 2.93. The number of hydrogen-bond donors (Lipinski definition) is 2. The van der Waals surface area contributed by atoms with Crippen molar-refractivity contribution in [3.63, 3.8) is 0 Å². The van der Waals surface area contributed by atoms with Crippen LogP contribution in [-0.4, -0.2) is 37.2 Å². The third kappa shape index (κ3) is 4.14. The fourth-order valence-corrected chi connectivity index (χ4v) is 2.35. The summed E-state index contributed by atoms with van der Waals surface area (Å²) in [5.74, 6) is -0.404. The zero-order valence-corrected chi connectivity index (χ0v) is 12.5. The molecule has 0 saturated carbocycles. The Morgan fingerprint density at radius 2 is 2.19 bits per heavy atom. The summed E-state index contributed by atoms with van der Waals surface area (Å²) in [6.45, 7) is 6.64. The maximum absolute atomic E-state index is 13.3. The minimum atomic E-state index is -0.515. The monoisotopic (exact) mass is 295 g/mol. The lowest BCUT2D eigenvalue weighted by atomic mass is 9.82. The standard InChI is InChI=1S/C15H22FN3O2/c1-3-17-13-12(8-11(16)9-18-13)14(20)19-10-15(2)4-6-21-7-5-15/h8-9H,3-7,10H2,1-2H3,(H,17,18)(H,19,20). The lowest BCUT2D eigenvalue weighted by Crippen LogP contribution is -2.39. The minimum absolute atomic E-state index is 0.0347. The van der Waals surface area contributed by atoms with E-state index in [0.717, 1.165) is 32.3 Å². The van der Waals surface area contributed by atoms with E-state index in [4.69, 9.17) is 4.74 Å². The maximum Gasteiger partial charge on any atom is 0.255 e. The molecule has 0 aliphatic carbocycles. The van der Waals surface area contributed by atoms with Gasteiger partial charge in [0.2, 0.25) is 0 Å². The predicted molar refractivity (Wildman–Crippen MR) is 78.9 cm³/mol. The first-order valence-corrected chi connectivity index (χ1v) is 7.29. The highest BCUT2D eigenvalue weighted by atomic mass is 19.1. The second-order valence-corrected chi connectivity index (χ2v) is 5.69. The Balaban J connectivity index is 2.04. The van der Waals surface area contributed by atoms with Crippen molar-refractivity contribution in [1.29, 1.82) is 0 Å². The van der Waals surface area contributed by atoms with Crippen LogP contribution in [0.1, 0.15) is 37.0 Å². The highest BCUT2D eigenvalue weighted by Crippen LogP contribution is 2.28. The molecule has 0 unspecified atom stereocenters. The van der Waals surface area contributed by atoms with Crippen molar-refractivity contribution in [3.05, 3.63) is 23.6 Å². The van der Waals surface area contributed by atoms with Crippen molar-refractivity contribution >= 4 is 11.7 Å². The lowest BCUT2D eigenvalue weighted by Gasteiger charge is -2.33. The minimum Gasteiger partial charge on any atom is -0.381 e. The molecule has 5 nitrogen and oxygen atoms in total. The van der Waals surface area contributed by atoms with Crippen molar-refractivity contribution in [1.82, 2.24) is 10.3 Å². The maximum atomic E-state index is 13.3. The molecule has 2 N–H and O–H groups in total. The van der Waals surface area contributed by atoms with Gasteiger partial charge in [-0.05, 0) is 31.2 Å². The molecule has 1 aromatic heterocycles. The van der Waals surface area contributed by atoms with Gasteiger partial charge in [-0.15, -0.1) is 0 Å². The zero-order chi connectivity index (χ0) is 15.3. The van der Waals surface area contributed by atoms with Gasteiger partial charge in [0.05, 0.1) is 11.8 Å². The molecule has 2 rings (SSSR count). The Labute approximate surface area is 124 Å². The van der Waals surface area contributed by atoms with Crippen molar-refractivity contribution in [2.24, 2.45) is 5.41 Å². The number of anilines is 1. The molecule has 1 aliphatic rings. The number of amides is 1. The van der Waals surface area contributed by atoms with E-state index >= 15 is 0 Å². The number of nitrogens with zero attached hydrogens (tertiary/aromatic N) is 1. The van der Waals surface area contributed by atoms with Crippen LogP contribution >= 0.6 is 0 Å². The first kappa shape index (κ1) is 15.7. The number of halogens is 1. The van der Waals surface area contributed by atoms with Gasteiger partial charge >= 0.3 is 0 Å². The molecule has 1 aliphatic heterocycles. The van der Waals surface area contributed by atoms with E-state index in [-0.39, 0.29) is 16.9 Å². The molecule has 0 radical (unpaired) electrons. The average Bonchev–Trinajstić information content (AvgIpc) is 2.48. The van der Waals surface area contributed by atoms with Crippen molar-refractivity contribution in [3.8, 4) is 0 Å². The summed E-state index contributed by atoms with van der Waals surface area (Å²) in [5.41, 5.74) is 0.278. The van der Waals surface area contributed by atoms with Crippen LogP contribution < -0.4 is 10.6 Å². The van der Waals surface area contributed by atoms with Gasteiger partial charge in [0.1, 0.15) is 11.6 Å². The molecule has 0 atom stereocenters. The third-order valence-corrected chi connectivity index (χ3v) is 3.82. The molecule has 0 bridgehead atoms. The van der Waals surface area contributed by atoms with E-state index in [9.17, 15) is 9.18 Å². The normalized spacial score (nSPS) is 17.3. The number of carbonyl (C=O) groups is 1. The van der Waals surface area contributed by atoms with Crippen LogP contribution in [0.5, 0.6) is 0 Å². The first-order chi connectivity index (χ1) is 10.0. The molecular weight excluding hydrogens is 273 g/mol. The largest absolute Gasteiger partial charge is 0.381 e. The number of pyridine rings is 1. The Morgan fingerprint density at radius 1 is 1.48 bits per heavy atom. The van der Waals surface area contributed by atoms with Crippen molar-refractivity contribution in [2.45, 2.75) is 26.7 Å². The number of nitrogens with one attached hydrogen (secondary N) is 2. The topological polar surface area (TPSA) is 63.2 Å². The molecule has 6 heteroatoms. The molecule has 116 valence electrons. The van der Waals surface area contributed by atoms with Gasteiger partial charge in [-0.2, -0.15) is 0 Å². The molecule has 0 aromatic carbocycles. The summed E-state index contributed by atoms with van der Waals surface area (Å²) in [6, 6.07) is 1.21. The van der Waals surface area contributed by atoms with Crippen LogP contribution in [0.15, 0.2) is 12.3 Å². The molecule has 21 heavy (non-hydrogen) atoms. The van der Waals surface area contributed by atoms with Gasteiger partial charge in [0.15, 0.2) is 0 Å². The molecule has 1 amide bonds. The van der Waals surface area contributed by atoms with E-state index < -0.39 is 5.82 Å². The summed E-state index contributed by atoms with van der Waals surface area (Å²) >= 11 is 0. The highest BCUT2D eigenvalue weighted by Gasteiger charge is 2.28. The third-order valence-electron chi connectivity index (χ3n) is 3.82. The molecule has 1 aromatic rings. The van der Waals surface area contributed by atoms with Gasteiger partial charge in [-0.25, -0.2) is 9.37 Å². The van der Waals surface area contributed by atoms with Crippen LogP contribution in [0.25, 0.3) is 0 Å². The highest BCUT2D eigenvalue weighted by molar-refractivity contribution is 5.98. The second kappa shape index (κ2) is 6.85. The van der Waals surface area contributed by atoms with Gasteiger partial charge in [-0.3, -0.25) is 4.79 Å². The predicted octanol–water partition coefficient (Wildman–Crippen LogP) is 2.20. The van der Waals surface area contributed by atoms with E-state index in [0.29, 0.717) is 18.9 Å². The molecule has 1 fully saturated rings. The Kier molecular flexibility index (Phi) is 5.12. The Morgan fingerprint density at radius 3 is 2.86 bits per heavy atom. The number of aromatic nitrogens is 1. The quantitative estimate of drug-likeness (QED) is 0.874. The smallest absolute Gasteiger partial charge is 0.255 e. The summed E-state index contributed by atoms with van der Waals surface area (Å²) < 4.78 is 18.7. The fourth-order valence-electron chi connectivity index (χ4n) is 2.35. The number of rotatable bonds is 5. The van der Waals surface area contributed by atoms with Gasteiger partial charge < -0.3 is 15.4 Å². The number of ether oxygens (including phenoxy) is 1. The number of carbonyl (C=O) groups excluding carboxylic acids is 1. The first-order valence-electron chi connectivity index (χ1n) is 7.29. The van der Waals surface area contributed by atoms with Crippen molar-refractivity contribution < 1.29 is 13.9 Å². The summed E-state index contributed by atoms with van der Waals surface area (Å²) in [5, 5.41) is 5.87. The van der Waals surface area contributed by atoms with Crippen molar-refractivity contribution in [2.75, 3.05) is 31.6 Å². The van der Waals surface area contributed by atoms with E-state index in [1.54, 1.807) is 0 Å². The lowest BCUT2D eigenvalue weighted by molar-refractivity contribution is 0.0238. The SMILES string of the molecule is CCNc1ncc(F)cc1C(=O)NCC1(C)CCOCC1. The van der Waals surface area contributed by atoms with Gasteiger partial charge in [0.25, 0.3) is 5.91 Å². The average molecular weight is 295 g/mol. The molecule has 1 saturated heterocycles. The fraction of sp³-hybridized carbons (Fsp3) is 0.600. The van der Waals surface area contributed by atoms with Crippen LogP contribution in [0.2, 0.25) is 0 Å². The van der Waals surface area contributed by atoms with Crippen LogP contribution in [0.4, 0.5) is 10.2 Å². The van der Waals surface area contributed by atoms with Crippen LogP contribution in [-0.2, 0) is 4.74 Å². The van der Waals surface area contributed by atoms with E-state index in [1.165, 1.54) is 6.07 Å². The molecular formula is C15H22FN3O2. The Hall–Kier alpha value is -1.69. The van der Waals surface area contributed by atoms with Gasteiger partial charge in [0, 0.05) is 26.3 Å². The Bertz CT molecular complexity index is 502. The number of hydrogen-bond acceptors (Lipinski definition) is 4.